The van der Waals surface area contributed by atoms with Crippen LogP contribution in [0.5, 0.6) is 0 Å². The Hall–Kier alpha value is -2.37. The molecular formula is C15H20N2O4. The van der Waals surface area contributed by atoms with Gasteiger partial charge in [-0.1, -0.05) is 19.1 Å². The molecule has 0 saturated carbocycles. The van der Waals surface area contributed by atoms with Crippen LogP contribution in [-0.2, 0) is 16.0 Å². The van der Waals surface area contributed by atoms with Gasteiger partial charge in [0, 0.05) is 13.0 Å². The first-order valence-corrected chi connectivity index (χ1v) is 6.88. The number of benzene rings is 1. The minimum absolute atomic E-state index is 0.0171. The number of carbonyl (C=O) groups excluding carboxylic acids is 2. The molecule has 0 heterocycles. The summed E-state index contributed by atoms with van der Waals surface area (Å²) in [6.07, 6.45) is 1.78. The molecule has 0 aliphatic rings. The van der Waals surface area contributed by atoms with Crippen LogP contribution in [0, 0.1) is 0 Å². The minimum atomic E-state index is -0.960. The lowest BCUT2D eigenvalue weighted by atomic mass is 10.1. The first kappa shape index (κ1) is 16.7. The Morgan fingerprint density at radius 1 is 1.05 bits per heavy atom. The average Bonchev–Trinajstić information content (AvgIpc) is 2.46. The Morgan fingerprint density at radius 2 is 1.71 bits per heavy atom. The summed E-state index contributed by atoms with van der Waals surface area (Å²) >= 11 is 0. The van der Waals surface area contributed by atoms with E-state index in [0.29, 0.717) is 19.4 Å². The van der Waals surface area contributed by atoms with Crippen molar-refractivity contribution in [3.8, 4) is 0 Å². The first-order valence-electron chi connectivity index (χ1n) is 6.88. The summed E-state index contributed by atoms with van der Waals surface area (Å²) in [6.45, 7) is 2.32. The van der Waals surface area contributed by atoms with Crippen molar-refractivity contribution in [2.45, 2.75) is 26.2 Å². The van der Waals surface area contributed by atoms with Crippen molar-refractivity contribution in [2.75, 3.05) is 13.1 Å². The first-order chi connectivity index (χ1) is 10.0. The van der Waals surface area contributed by atoms with Crippen LogP contribution >= 0.6 is 0 Å². The molecule has 0 unspecified atom stereocenters. The topological polar surface area (TPSA) is 95.5 Å². The molecule has 114 valence electrons. The predicted octanol–water partition coefficient (Wildman–Crippen LogP) is 0.960. The van der Waals surface area contributed by atoms with Gasteiger partial charge in [0.1, 0.15) is 0 Å². The molecule has 1 rings (SSSR count). The van der Waals surface area contributed by atoms with Crippen molar-refractivity contribution < 1.29 is 19.5 Å². The van der Waals surface area contributed by atoms with Crippen LogP contribution in [0.25, 0.3) is 0 Å². The van der Waals surface area contributed by atoms with Gasteiger partial charge in [0.25, 0.3) is 0 Å². The molecule has 0 bridgehead atoms. The van der Waals surface area contributed by atoms with Crippen molar-refractivity contribution >= 4 is 17.8 Å². The third-order valence-electron chi connectivity index (χ3n) is 2.86. The number of amides is 2. The second kappa shape index (κ2) is 8.73. The molecule has 3 N–H and O–H groups in total. The molecule has 1 aromatic carbocycles. The average molecular weight is 292 g/mol. The van der Waals surface area contributed by atoms with Gasteiger partial charge in [-0.2, -0.15) is 0 Å². The van der Waals surface area contributed by atoms with Crippen LogP contribution in [0.2, 0.25) is 0 Å². The standard InChI is InChI=1S/C15H20N2O4/c1-2-3-13(18)17-10-14(19)16-9-8-11-4-6-12(7-5-11)15(20)21/h4-7H,2-3,8-10H2,1H3,(H,16,19)(H,17,18)(H,20,21). The van der Waals surface area contributed by atoms with Gasteiger partial charge < -0.3 is 15.7 Å². The van der Waals surface area contributed by atoms with E-state index in [1.54, 1.807) is 12.1 Å². The van der Waals surface area contributed by atoms with E-state index in [4.69, 9.17) is 5.11 Å². The lowest BCUT2D eigenvalue weighted by Crippen LogP contribution is -2.37. The van der Waals surface area contributed by atoms with Crippen LogP contribution in [0.15, 0.2) is 24.3 Å². The zero-order chi connectivity index (χ0) is 15.7. The third-order valence-corrected chi connectivity index (χ3v) is 2.86. The SMILES string of the molecule is CCCC(=O)NCC(=O)NCCc1ccc(C(=O)O)cc1. The fourth-order valence-corrected chi connectivity index (χ4v) is 1.72. The van der Waals surface area contributed by atoms with Gasteiger partial charge in [0.15, 0.2) is 0 Å². The number of carboxylic acids is 1. The van der Waals surface area contributed by atoms with Crippen LogP contribution in [-0.4, -0.2) is 36.0 Å². The quantitative estimate of drug-likeness (QED) is 0.665. The predicted molar refractivity (Wildman–Crippen MR) is 78.0 cm³/mol. The minimum Gasteiger partial charge on any atom is -0.478 e. The molecule has 21 heavy (non-hydrogen) atoms. The highest BCUT2D eigenvalue weighted by atomic mass is 16.4. The normalized spacial score (nSPS) is 9.95. The summed E-state index contributed by atoms with van der Waals surface area (Å²) in [7, 11) is 0. The van der Waals surface area contributed by atoms with E-state index in [1.807, 2.05) is 6.92 Å². The molecule has 0 atom stereocenters. The smallest absolute Gasteiger partial charge is 0.335 e. The molecule has 2 amide bonds. The maximum Gasteiger partial charge on any atom is 0.335 e. The van der Waals surface area contributed by atoms with Crippen molar-refractivity contribution in [2.24, 2.45) is 0 Å². The monoisotopic (exact) mass is 292 g/mol. The molecule has 0 saturated heterocycles. The number of aromatic carboxylic acids is 1. The summed E-state index contributed by atoms with van der Waals surface area (Å²) in [5.74, 6) is -1.32. The molecule has 0 spiro atoms. The molecule has 0 aliphatic heterocycles. The van der Waals surface area contributed by atoms with Crippen molar-refractivity contribution in [1.29, 1.82) is 0 Å². The van der Waals surface area contributed by atoms with Gasteiger partial charge in [0.2, 0.25) is 11.8 Å². The Labute approximate surface area is 123 Å². The summed E-state index contributed by atoms with van der Waals surface area (Å²) in [5.41, 5.74) is 1.18. The van der Waals surface area contributed by atoms with E-state index in [2.05, 4.69) is 10.6 Å². The molecule has 0 aliphatic carbocycles. The number of carboxylic acid groups (broad SMARTS) is 1. The second-order valence-corrected chi connectivity index (χ2v) is 4.63. The fourth-order valence-electron chi connectivity index (χ4n) is 1.72. The zero-order valence-corrected chi connectivity index (χ0v) is 12.0. The molecule has 0 fully saturated rings. The van der Waals surface area contributed by atoms with E-state index in [1.165, 1.54) is 12.1 Å². The van der Waals surface area contributed by atoms with Crippen molar-refractivity contribution in [3.63, 3.8) is 0 Å². The summed E-state index contributed by atoms with van der Waals surface area (Å²) in [5, 5.41) is 14.0. The highest BCUT2D eigenvalue weighted by Gasteiger charge is 2.05. The van der Waals surface area contributed by atoms with Gasteiger partial charge in [-0.25, -0.2) is 4.79 Å². The molecule has 0 aromatic heterocycles. The fraction of sp³-hybridized carbons (Fsp3) is 0.400. The van der Waals surface area contributed by atoms with Gasteiger partial charge in [-0.3, -0.25) is 9.59 Å². The highest BCUT2D eigenvalue weighted by Crippen LogP contribution is 2.04. The van der Waals surface area contributed by atoms with Crippen LogP contribution in [0.1, 0.15) is 35.7 Å². The van der Waals surface area contributed by atoms with Crippen LogP contribution in [0.4, 0.5) is 0 Å². The number of hydrogen-bond acceptors (Lipinski definition) is 3. The Bertz CT molecular complexity index is 497. The number of carbonyl (C=O) groups is 3. The molecule has 6 nitrogen and oxygen atoms in total. The van der Waals surface area contributed by atoms with Gasteiger partial charge in [0.05, 0.1) is 12.1 Å². The Kier molecular flexibility index (Phi) is 6.94. The number of rotatable bonds is 8. The lowest BCUT2D eigenvalue weighted by molar-refractivity contribution is -0.126. The second-order valence-electron chi connectivity index (χ2n) is 4.63. The van der Waals surface area contributed by atoms with Gasteiger partial charge in [-0.05, 0) is 30.5 Å². The molecule has 1 aromatic rings. The van der Waals surface area contributed by atoms with Crippen molar-refractivity contribution in [1.82, 2.24) is 10.6 Å². The van der Waals surface area contributed by atoms with Crippen molar-refractivity contribution in [3.05, 3.63) is 35.4 Å². The van der Waals surface area contributed by atoms with E-state index in [-0.39, 0.29) is 23.9 Å². The highest BCUT2D eigenvalue weighted by molar-refractivity contribution is 5.87. The number of hydrogen-bond donors (Lipinski definition) is 3. The number of nitrogens with one attached hydrogen (secondary N) is 2. The maximum absolute atomic E-state index is 11.5. The van der Waals surface area contributed by atoms with Crippen LogP contribution < -0.4 is 10.6 Å². The molecule has 6 heteroatoms. The van der Waals surface area contributed by atoms with E-state index < -0.39 is 5.97 Å². The van der Waals surface area contributed by atoms with E-state index >= 15 is 0 Å². The largest absolute Gasteiger partial charge is 0.478 e. The summed E-state index contributed by atoms with van der Waals surface area (Å²) < 4.78 is 0. The zero-order valence-electron chi connectivity index (χ0n) is 12.0. The lowest BCUT2D eigenvalue weighted by Gasteiger charge is -2.07. The molecular weight excluding hydrogens is 272 g/mol. The van der Waals surface area contributed by atoms with Gasteiger partial charge in [-0.15, -0.1) is 0 Å². The van der Waals surface area contributed by atoms with E-state index in [0.717, 1.165) is 12.0 Å². The molecule has 0 radical (unpaired) electrons. The van der Waals surface area contributed by atoms with E-state index in [9.17, 15) is 14.4 Å². The Balaban J connectivity index is 2.25. The Morgan fingerprint density at radius 3 is 2.29 bits per heavy atom. The van der Waals surface area contributed by atoms with Gasteiger partial charge >= 0.3 is 5.97 Å². The third kappa shape index (κ3) is 6.56. The summed E-state index contributed by atoms with van der Waals surface area (Å²) in [6, 6.07) is 6.51. The maximum atomic E-state index is 11.5. The summed E-state index contributed by atoms with van der Waals surface area (Å²) in [4.78, 5) is 33.4. The van der Waals surface area contributed by atoms with Crippen LogP contribution in [0.3, 0.4) is 0 Å².